The molecule has 8 heteroatoms. The number of hydrogen-bond donors (Lipinski definition) is 2. The summed E-state index contributed by atoms with van der Waals surface area (Å²) >= 11 is 0. The molecular weight excluding hydrogens is 322 g/mol. The lowest BCUT2D eigenvalue weighted by molar-refractivity contribution is 0.0879. The van der Waals surface area contributed by atoms with Crippen LogP contribution in [-0.4, -0.2) is 38.2 Å². The Balaban J connectivity index is 1.50. The molecule has 0 unspecified atom stereocenters. The van der Waals surface area contributed by atoms with Crippen LogP contribution in [0.3, 0.4) is 0 Å². The van der Waals surface area contributed by atoms with Gasteiger partial charge in [0, 0.05) is 23.5 Å². The van der Waals surface area contributed by atoms with Crippen molar-refractivity contribution >= 4 is 5.91 Å². The number of aryl methyl sites for hydroxylation is 2. The highest BCUT2D eigenvalue weighted by atomic mass is 16.5. The van der Waals surface area contributed by atoms with Gasteiger partial charge in [0.1, 0.15) is 11.8 Å². The van der Waals surface area contributed by atoms with Crippen LogP contribution in [0.1, 0.15) is 47.6 Å². The molecule has 2 aromatic heterocycles. The van der Waals surface area contributed by atoms with Crippen LogP contribution in [0.25, 0.3) is 0 Å². The molecule has 3 rings (SSSR count). The normalized spacial score (nSPS) is 20.1. The third-order valence-electron chi connectivity index (χ3n) is 4.16. The van der Waals surface area contributed by atoms with Gasteiger partial charge in [0.2, 0.25) is 0 Å². The molecule has 25 heavy (non-hydrogen) atoms. The summed E-state index contributed by atoms with van der Waals surface area (Å²) in [6.45, 7) is 3.83. The van der Waals surface area contributed by atoms with Gasteiger partial charge in [-0.3, -0.25) is 9.59 Å². The predicted octanol–water partition coefficient (Wildman–Crippen LogP) is 1.30. The molecule has 0 bridgehead atoms. The highest BCUT2D eigenvalue weighted by Crippen LogP contribution is 2.22. The average Bonchev–Trinajstić information content (AvgIpc) is 2.56. The smallest absolute Gasteiger partial charge is 0.317 e. The van der Waals surface area contributed by atoms with E-state index in [9.17, 15) is 9.59 Å². The molecule has 2 N–H and O–H groups in total. The summed E-state index contributed by atoms with van der Waals surface area (Å²) in [5.41, 5.74) is 1.65. The van der Waals surface area contributed by atoms with E-state index in [0.29, 0.717) is 6.01 Å². The molecule has 1 amide bonds. The molecule has 0 saturated heterocycles. The maximum Gasteiger partial charge on any atom is 0.317 e. The van der Waals surface area contributed by atoms with Crippen LogP contribution in [0.4, 0.5) is 0 Å². The molecule has 0 aromatic carbocycles. The first-order chi connectivity index (χ1) is 12.0. The quantitative estimate of drug-likeness (QED) is 0.866. The molecule has 1 saturated carbocycles. The molecule has 0 spiro atoms. The van der Waals surface area contributed by atoms with Crippen molar-refractivity contribution < 1.29 is 9.53 Å². The van der Waals surface area contributed by atoms with Crippen LogP contribution >= 0.6 is 0 Å². The SMILES string of the molecule is Cc1cc(C)nc(OC2CCC(NC(=O)c3ccc(=O)[nH]n3)CC2)n1. The molecule has 1 aliphatic rings. The summed E-state index contributed by atoms with van der Waals surface area (Å²) in [5, 5.41) is 8.95. The van der Waals surface area contributed by atoms with E-state index in [0.717, 1.165) is 37.1 Å². The van der Waals surface area contributed by atoms with E-state index < -0.39 is 0 Å². The molecule has 0 atom stereocenters. The Morgan fingerprint density at radius 2 is 1.84 bits per heavy atom. The summed E-state index contributed by atoms with van der Waals surface area (Å²) in [6.07, 6.45) is 3.32. The van der Waals surface area contributed by atoms with E-state index in [-0.39, 0.29) is 29.3 Å². The third-order valence-corrected chi connectivity index (χ3v) is 4.16. The second kappa shape index (κ2) is 7.42. The number of aromatic nitrogens is 4. The van der Waals surface area contributed by atoms with Gasteiger partial charge in [-0.2, -0.15) is 5.10 Å². The maximum atomic E-state index is 12.1. The minimum Gasteiger partial charge on any atom is -0.460 e. The number of rotatable bonds is 4. The van der Waals surface area contributed by atoms with E-state index in [1.807, 2.05) is 19.9 Å². The van der Waals surface area contributed by atoms with Crippen molar-refractivity contribution in [1.29, 1.82) is 0 Å². The number of ether oxygens (including phenoxy) is 1. The lowest BCUT2D eigenvalue weighted by Crippen LogP contribution is -2.40. The zero-order valence-corrected chi connectivity index (χ0v) is 14.3. The highest BCUT2D eigenvalue weighted by molar-refractivity contribution is 5.92. The van der Waals surface area contributed by atoms with Gasteiger partial charge in [-0.25, -0.2) is 15.1 Å². The van der Waals surface area contributed by atoms with E-state index >= 15 is 0 Å². The lowest BCUT2D eigenvalue weighted by atomic mass is 9.93. The van der Waals surface area contributed by atoms with E-state index in [1.54, 1.807) is 0 Å². The first-order valence-electron chi connectivity index (χ1n) is 8.35. The van der Waals surface area contributed by atoms with Gasteiger partial charge in [0.25, 0.3) is 11.5 Å². The lowest BCUT2D eigenvalue weighted by Gasteiger charge is -2.28. The fourth-order valence-corrected chi connectivity index (χ4v) is 2.95. The van der Waals surface area contributed by atoms with Gasteiger partial charge in [-0.05, 0) is 51.7 Å². The second-order valence-corrected chi connectivity index (χ2v) is 6.30. The molecule has 1 aliphatic carbocycles. The topological polar surface area (TPSA) is 110 Å². The zero-order chi connectivity index (χ0) is 17.8. The van der Waals surface area contributed by atoms with Gasteiger partial charge < -0.3 is 10.1 Å². The number of H-pyrrole nitrogens is 1. The number of nitrogens with one attached hydrogen (secondary N) is 2. The van der Waals surface area contributed by atoms with Gasteiger partial charge in [0.05, 0.1) is 0 Å². The van der Waals surface area contributed by atoms with Crippen molar-refractivity contribution in [1.82, 2.24) is 25.5 Å². The van der Waals surface area contributed by atoms with Crippen LogP contribution in [0.2, 0.25) is 0 Å². The molecule has 0 radical (unpaired) electrons. The number of aromatic amines is 1. The summed E-state index contributed by atoms with van der Waals surface area (Å²) < 4.78 is 5.88. The summed E-state index contributed by atoms with van der Waals surface area (Å²) in [6, 6.07) is 5.10. The van der Waals surface area contributed by atoms with Crippen molar-refractivity contribution in [3.8, 4) is 6.01 Å². The zero-order valence-electron chi connectivity index (χ0n) is 14.3. The molecule has 2 heterocycles. The molecule has 0 aliphatic heterocycles. The second-order valence-electron chi connectivity index (χ2n) is 6.30. The van der Waals surface area contributed by atoms with Crippen molar-refractivity contribution in [3.63, 3.8) is 0 Å². The first-order valence-corrected chi connectivity index (χ1v) is 8.35. The minimum atomic E-state index is -0.331. The van der Waals surface area contributed by atoms with Gasteiger partial charge in [0.15, 0.2) is 0 Å². The summed E-state index contributed by atoms with van der Waals surface area (Å²) in [4.78, 5) is 31.7. The van der Waals surface area contributed by atoms with Crippen molar-refractivity contribution in [2.24, 2.45) is 0 Å². The van der Waals surface area contributed by atoms with Crippen LogP contribution in [0, 0.1) is 13.8 Å². The predicted molar refractivity (Wildman–Crippen MR) is 90.5 cm³/mol. The highest BCUT2D eigenvalue weighted by Gasteiger charge is 2.25. The number of hydrogen-bond acceptors (Lipinski definition) is 6. The van der Waals surface area contributed by atoms with E-state index in [1.165, 1.54) is 12.1 Å². The summed E-state index contributed by atoms with van der Waals surface area (Å²) in [7, 11) is 0. The van der Waals surface area contributed by atoms with E-state index in [2.05, 4.69) is 25.5 Å². The van der Waals surface area contributed by atoms with E-state index in [4.69, 9.17) is 4.74 Å². The Morgan fingerprint density at radius 3 is 2.44 bits per heavy atom. The standard InChI is InChI=1S/C17H21N5O3/c1-10-9-11(2)19-17(18-10)25-13-5-3-12(4-6-13)20-16(24)14-7-8-15(23)22-21-14/h7-9,12-13H,3-6H2,1-2H3,(H,20,24)(H,22,23). The van der Waals surface area contributed by atoms with Crippen LogP contribution in [-0.2, 0) is 0 Å². The Hall–Kier alpha value is -2.77. The van der Waals surface area contributed by atoms with Gasteiger partial charge in [-0.1, -0.05) is 0 Å². The molecule has 132 valence electrons. The third kappa shape index (κ3) is 4.62. The van der Waals surface area contributed by atoms with Gasteiger partial charge in [-0.15, -0.1) is 0 Å². The fourth-order valence-electron chi connectivity index (χ4n) is 2.95. The Morgan fingerprint density at radius 1 is 1.16 bits per heavy atom. The van der Waals surface area contributed by atoms with Crippen molar-refractivity contribution in [2.45, 2.75) is 51.7 Å². The van der Waals surface area contributed by atoms with Crippen molar-refractivity contribution in [3.05, 3.63) is 45.6 Å². The molecule has 1 fully saturated rings. The Bertz CT molecular complexity index is 771. The number of amides is 1. The first kappa shape index (κ1) is 17.1. The van der Waals surface area contributed by atoms with Gasteiger partial charge >= 0.3 is 6.01 Å². The average molecular weight is 343 g/mol. The fraction of sp³-hybridized carbons (Fsp3) is 0.471. The number of nitrogens with zero attached hydrogens (tertiary/aromatic N) is 3. The van der Waals surface area contributed by atoms with Crippen molar-refractivity contribution in [2.75, 3.05) is 0 Å². The summed E-state index contributed by atoms with van der Waals surface area (Å²) in [5.74, 6) is -0.279. The minimum absolute atomic E-state index is 0.0561. The Kier molecular flexibility index (Phi) is 5.06. The number of carbonyl (C=O) groups excluding carboxylic acids is 1. The monoisotopic (exact) mass is 343 g/mol. The number of carbonyl (C=O) groups is 1. The molecule has 8 nitrogen and oxygen atoms in total. The Labute approximate surface area is 145 Å². The largest absolute Gasteiger partial charge is 0.460 e. The maximum absolute atomic E-state index is 12.1. The van der Waals surface area contributed by atoms with Crippen LogP contribution in [0.5, 0.6) is 6.01 Å². The molecular formula is C17H21N5O3. The van der Waals surface area contributed by atoms with Crippen LogP contribution in [0.15, 0.2) is 23.0 Å². The molecule has 2 aromatic rings. The van der Waals surface area contributed by atoms with Crippen LogP contribution < -0.4 is 15.6 Å².